The van der Waals surface area contributed by atoms with Gasteiger partial charge in [-0.3, -0.25) is 0 Å². The quantitative estimate of drug-likeness (QED) is 0.0848. The molecular formula is C36H72N2. The Morgan fingerprint density at radius 3 is 0.921 bits per heavy atom. The maximum absolute atomic E-state index is 2.70. The molecule has 0 radical (unpaired) electrons. The zero-order valence-corrected chi connectivity index (χ0v) is 26.8. The average Bonchev–Trinajstić information content (AvgIpc) is 3.31. The number of rotatable bonds is 30. The van der Waals surface area contributed by atoms with Crippen LogP contribution in [0, 0.1) is 0 Å². The summed E-state index contributed by atoms with van der Waals surface area (Å²) in [6, 6.07) is 0. The summed E-state index contributed by atoms with van der Waals surface area (Å²) in [6.45, 7) is 9.47. The Morgan fingerprint density at radius 2 is 0.605 bits per heavy atom. The molecule has 1 aliphatic heterocycles. The van der Waals surface area contributed by atoms with Gasteiger partial charge in [-0.1, -0.05) is 175 Å². The smallest absolute Gasteiger partial charge is 0.101 e. The van der Waals surface area contributed by atoms with E-state index in [0.29, 0.717) is 6.17 Å². The first-order valence-electron chi connectivity index (χ1n) is 18.0. The van der Waals surface area contributed by atoms with Crippen molar-refractivity contribution < 1.29 is 0 Å². The minimum absolute atomic E-state index is 0.642. The van der Waals surface area contributed by atoms with Gasteiger partial charge in [0.05, 0.1) is 0 Å². The first kappa shape index (κ1) is 35.4. The summed E-state index contributed by atoms with van der Waals surface area (Å²) < 4.78 is 0. The third-order valence-corrected chi connectivity index (χ3v) is 8.82. The van der Waals surface area contributed by atoms with Gasteiger partial charge in [0.15, 0.2) is 0 Å². The van der Waals surface area contributed by atoms with Crippen LogP contribution in [0.1, 0.15) is 201 Å². The maximum atomic E-state index is 2.70. The van der Waals surface area contributed by atoms with Crippen molar-refractivity contribution in [1.29, 1.82) is 0 Å². The van der Waals surface area contributed by atoms with E-state index in [1.54, 1.807) is 0 Å². The molecule has 0 aromatic carbocycles. The van der Waals surface area contributed by atoms with E-state index in [4.69, 9.17) is 0 Å². The molecule has 0 spiro atoms. The fourth-order valence-electron chi connectivity index (χ4n) is 6.19. The molecule has 1 heterocycles. The summed E-state index contributed by atoms with van der Waals surface area (Å²) in [5.41, 5.74) is 0. The van der Waals surface area contributed by atoms with Gasteiger partial charge in [0.1, 0.15) is 6.17 Å². The van der Waals surface area contributed by atoms with Gasteiger partial charge in [0, 0.05) is 25.5 Å². The topological polar surface area (TPSA) is 6.48 Å². The lowest BCUT2D eigenvalue weighted by Gasteiger charge is -2.33. The Bertz CT molecular complexity index is 488. The van der Waals surface area contributed by atoms with Crippen LogP contribution in [0.2, 0.25) is 0 Å². The van der Waals surface area contributed by atoms with Crippen LogP contribution in [0.5, 0.6) is 0 Å². The van der Waals surface area contributed by atoms with Crippen LogP contribution in [0.4, 0.5) is 0 Å². The molecule has 1 atom stereocenters. The molecule has 0 saturated carbocycles. The molecule has 0 fully saturated rings. The predicted octanol–water partition coefficient (Wildman–Crippen LogP) is 12.4. The van der Waals surface area contributed by atoms with E-state index in [0.717, 1.165) is 0 Å². The predicted molar refractivity (Wildman–Crippen MR) is 173 cm³/mol. The van der Waals surface area contributed by atoms with Crippen molar-refractivity contribution in [2.75, 3.05) is 13.1 Å². The van der Waals surface area contributed by atoms with E-state index in [1.807, 2.05) is 0 Å². The lowest BCUT2D eigenvalue weighted by Crippen LogP contribution is -2.39. The number of unbranched alkanes of at least 4 members (excludes halogenated alkanes) is 24. The molecule has 0 aliphatic carbocycles. The van der Waals surface area contributed by atoms with Gasteiger partial charge in [-0.15, -0.1) is 0 Å². The molecule has 0 saturated heterocycles. The molecule has 0 aromatic heterocycles. The van der Waals surface area contributed by atoms with Crippen molar-refractivity contribution in [3.63, 3.8) is 0 Å². The highest BCUT2D eigenvalue weighted by atomic mass is 15.4. The molecule has 38 heavy (non-hydrogen) atoms. The highest BCUT2D eigenvalue weighted by molar-refractivity contribution is 4.97. The van der Waals surface area contributed by atoms with Crippen molar-refractivity contribution in [1.82, 2.24) is 9.80 Å². The fraction of sp³-hybridized carbons (Fsp3) is 0.944. The minimum Gasteiger partial charge on any atom is -0.356 e. The molecule has 226 valence electrons. The second-order valence-electron chi connectivity index (χ2n) is 12.5. The second kappa shape index (κ2) is 27.9. The van der Waals surface area contributed by atoms with Crippen LogP contribution in [-0.4, -0.2) is 29.1 Å². The van der Waals surface area contributed by atoms with Crippen LogP contribution < -0.4 is 0 Å². The van der Waals surface area contributed by atoms with E-state index in [1.165, 1.54) is 193 Å². The molecule has 1 rings (SSSR count). The summed E-state index contributed by atoms with van der Waals surface area (Å²) in [7, 11) is 0. The first-order chi connectivity index (χ1) is 18.8. The van der Waals surface area contributed by atoms with Gasteiger partial charge >= 0.3 is 0 Å². The lowest BCUT2D eigenvalue weighted by molar-refractivity contribution is 0.135. The van der Waals surface area contributed by atoms with Crippen LogP contribution in [0.15, 0.2) is 12.4 Å². The third kappa shape index (κ3) is 20.3. The van der Waals surface area contributed by atoms with Crippen LogP contribution in [-0.2, 0) is 0 Å². The van der Waals surface area contributed by atoms with E-state index in [-0.39, 0.29) is 0 Å². The summed E-state index contributed by atoms with van der Waals surface area (Å²) in [5, 5.41) is 0. The molecule has 0 aromatic rings. The third-order valence-electron chi connectivity index (χ3n) is 8.82. The fourth-order valence-corrected chi connectivity index (χ4v) is 6.19. The largest absolute Gasteiger partial charge is 0.356 e. The zero-order valence-electron chi connectivity index (χ0n) is 26.8. The highest BCUT2D eigenvalue weighted by Crippen LogP contribution is 2.24. The molecular weight excluding hydrogens is 460 g/mol. The van der Waals surface area contributed by atoms with E-state index in [9.17, 15) is 0 Å². The lowest BCUT2D eigenvalue weighted by atomic mass is 10.0. The normalized spacial score (nSPS) is 15.3. The number of nitrogens with zero attached hydrogens (tertiary/aromatic N) is 2. The summed E-state index contributed by atoms with van der Waals surface area (Å²) in [6.07, 6.45) is 45.5. The van der Waals surface area contributed by atoms with E-state index >= 15 is 0 Å². The molecule has 2 nitrogen and oxygen atoms in total. The monoisotopic (exact) mass is 533 g/mol. The molecule has 0 bridgehead atoms. The van der Waals surface area contributed by atoms with E-state index in [2.05, 4.69) is 43.0 Å². The van der Waals surface area contributed by atoms with Crippen LogP contribution in [0.25, 0.3) is 0 Å². The Morgan fingerprint density at radius 1 is 0.342 bits per heavy atom. The van der Waals surface area contributed by atoms with Crippen LogP contribution in [0.3, 0.4) is 0 Å². The molecule has 0 N–H and O–H groups in total. The second-order valence-corrected chi connectivity index (χ2v) is 12.5. The average molecular weight is 533 g/mol. The molecule has 1 aliphatic rings. The molecule has 1 unspecified atom stereocenters. The molecule has 2 heteroatoms. The zero-order chi connectivity index (χ0) is 27.4. The SMILES string of the molecule is CCCCCCCCCCCCCCN1C=CN(CCCCCCC)C1CCCCCCCCCCCC. The van der Waals surface area contributed by atoms with Crippen molar-refractivity contribution >= 4 is 0 Å². The summed E-state index contributed by atoms with van der Waals surface area (Å²) >= 11 is 0. The Labute approximate surface area is 241 Å². The Kier molecular flexibility index (Phi) is 26.0. The van der Waals surface area contributed by atoms with Gasteiger partial charge in [0.25, 0.3) is 0 Å². The minimum atomic E-state index is 0.642. The summed E-state index contributed by atoms with van der Waals surface area (Å²) in [5.74, 6) is 0. The number of hydrogen-bond acceptors (Lipinski definition) is 2. The van der Waals surface area contributed by atoms with Crippen molar-refractivity contribution in [2.24, 2.45) is 0 Å². The van der Waals surface area contributed by atoms with Gasteiger partial charge in [-0.2, -0.15) is 0 Å². The van der Waals surface area contributed by atoms with Gasteiger partial charge in [-0.05, 0) is 25.7 Å². The van der Waals surface area contributed by atoms with Gasteiger partial charge < -0.3 is 9.80 Å². The van der Waals surface area contributed by atoms with Crippen molar-refractivity contribution in [3.8, 4) is 0 Å². The maximum Gasteiger partial charge on any atom is 0.101 e. The van der Waals surface area contributed by atoms with Gasteiger partial charge in [0.2, 0.25) is 0 Å². The first-order valence-corrected chi connectivity index (χ1v) is 18.0. The van der Waals surface area contributed by atoms with Crippen LogP contribution >= 0.6 is 0 Å². The number of hydrogen-bond donors (Lipinski definition) is 0. The highest BCUT2D eigenvalue weighted by Gasteiger charge is 2.24. The molecule has 0 amide bonds. The van der Waals surface area contributed by atoms with E-state index < -0.39 is 0 Å². The van der Waals surface area contributed by atoms with Crippen molar-refractivity contribution in [2.45, 2.75) is 207 Å². The Balaban J connectivity index is 2.19. The van der Waals surface area contributed by atoms with Crippen molar-refractivity contribution in [3.05, 3.63) is 12.4 Å². The summed E-state index contributed by atoms with van der Waals surface area (Å²) in [4.78, 5) is 5.40. The standard InChI is InChI=1S/C36H72N2/c1-4-7-10-13-15-17-19-20-22-24-27-30-33-38-35-34-37(32-29-26-12-9-6-3)36(38)31-28-25-23-21-18-16-14-11-8-5-2/h34-36H,4-33H2,1-3H3. The van der Waals surface area contributed by atoms with Gasteiger partial charge in [-0.25, -0.2) is 0 Å². The Hall–Kier alpha value is -0.660.